The molecular weight excluding hydrogens is 448 g/mol. The second-order valence-electron chi connectivity index (χ2n) is 7.41. The lowest BCUT2D eigenvalue weighted by Crippen LogP contribution is -2.39. The molecule has 0 atom stereocenters. The predicted molar refractivity (Wildman–Crippen MR) is 119 cm³/mol. The average molecular weight is 467 g/mol. The molecule has 0 aliphatic rings. The highest BCUT2D eigenvalue weighted by Crippen LogP contribution is 2.17. The number of halogens is 2. The van der Waals surface area contributed by atoms with E-state index >= 15 is 0 Å². The van der Waals surface area contributed by atoms with E-state index in [0.717, 1.165) is 21.3 Å². The maximum Gasteiger partial charge on any atom is 0.332 e. The molecule has 0 radical (unpaired) electrons. The van der Waals surface area contributed by atoms with Crippen molar-refractivity contribution in [2.75, 3.05) is 13.1 Å². The molecule has 0 bridgehead atoms. The average Bonchev–Trinajstić information content (AvgIpc) is 2.85. The van der Waals surface area contributed by atoms with Gasteiger partial charge >= 0.3 is 5.69 Å². The molecule has 0 spiro atoms. The number of amides is 1. The Kier molecular flexibility index (Phi) is 6.23. The lowest BCUT2D eigenvalue weighted by molar-refractivity contribution is 0.0954. The van der Waals surface area contributed by atoms with Crippen LogP contribution in [0.15, 0.2) is 52.1 Å². The summed E-state index contributed by atoms with van der Waals surface area (Å²) in [6.07, 6.45) is 0. The topological polar surface area (TPSA) is 138 Å². The van der Waals surface area contributed by atoms with Crippen LogP contribution in [0.4, 0.5) is 8.78 Å². The first-order chi connectivity index (χ1) is 16.3. The molecule has 0 saturated carbocycles. The number of carbonyl (C=O) groups excluding carboxylic acids is 1. The Balaban J connectivity index is 1.75. The Hall–Kier alpha value is -4.32. The van der Waals surface area contributed by atoms with E-state index in [1.807, 2.05) is 0 Å². The summed E-state index contributed by atoms with van der Waals surface area (Å²) in [6.45, 7) is 0.480. The van der Waals surface area contributed by atoms with Crippen LogP contribution >= 0.6 is 0 Å². The van der Waals surface area contributed by atoms with E-state index < -0.39 is 22.9 Å². The first-order valence-electron chi connectivity index (χ1n) is 10.2. The first kappa shape index (κ1) is 22.9. The summed E-state index contributed by atoms with van der Waals surface area (Å²) >= 11 is 0. The van der Waals surface area contributed by atoms with Crippen molar-refractivity contribution in [3.63, 3.8) is 0 Å². The Morgan fingerprint density at radius 1 is 1.06 bits per heavy atom. The maximum absolute atomic E-state index is 13.6. The zero-order valence-electron chi connectivity index (χ0n) is 18.0. The normalized spacial score (nSPS) is 11.1. The standard InChI is InChI=1S/C22H19F2N7O3/c1-30-21(33)17-19(31(22(30)34)11-12-2-7-15(23)16(24)10-12)29-28-18(27-17)13-3-5-14(6-4-13)20(32)26-9-8-25/h2-7,10H,8-9,11,25H2,1H3,(H,26,32). The molecule has 1 amide bonds. The molecule has 174 valence electrons. The van der Waals surface area contributed by atoms with Gasteiger partial charge in [0.05, 0.1) is 6.54 Å². The van der Waals surface area contributed by atoms with Crippen LogP contribution in [-0.2, 0) is 13.6 Å². The van der Waals surface area contributed by atoms with Crippen LogP contribution < -0.4 is 22.3 Å². The fourth-order valence-electron chi connectivity index (χ4n) is 3.31. The third-order valence-electron chi connectivity index (χ3n) is 5.11. The van der Waals surface area contributed by atoms with E-state index in [4.69, 9.17) is 5.73 Å². The fourth-order valence-corrected chi connectivity index (χ4v) is 3.31. The summed E-state index contributed by atoms with van der Waals surface area (Å²) in [4.78, 5) is 41.8. The third kappa shape index (κ3) is 4.30. The highest BCUT2D eigenvalue weighted by molar-refractivity contribution is 5.94. The lowest BCUT2D eigenvalue weighted by atomic mass is 10.1. The van der Waals surface area contributed by atoms with E-state index in [-0.39, 0.29) is 35.0 Å². The summed E-state index contributed by atoms with van der Waals surface area (Å²) in [5.74, 6) is -2.26. The summed E-state index contributed by atoms with van der Waals surface area (Å²) in [7, 11) is 1.28. The quantitative estimate of drug-likeness (QED) is 0.423. The van der Waals surface area contributed by atoms with Gasteiger partial charge in [-0.2, -0.15) is 0 Å². The van der Waals surface area contributed by atoms with Gasteiger partial charge in [-0.3, -0.25) is 18.7 Å². The molecule has 0 fully saturated rings. The van der Waals surface area contributed by atoms with Crippen molar-refractivity contribution in [1.29, 1.82) is 0 Å². The molecule has 10 nitrogen and oxygen atoms in total. The summed E-state index contributed by atoms with van der Waals surface area (Å²) in [5.41, 5.74) is 4.95. The molecule has 2 aromatic carbocycles. The molecule has 0 unspecified atom stereocenters. The van der Waals surface area contributed by atoms with Gasteiger partial charge in [-0.25, -0.2) is 18.6 Å². The van der Waals surface area contributed by atoms with Crippen LogP contribution in [0, 0.1) is 11.6 Å². The molecule has 4 aromatic rings. The number of hydrogen-bond donors (Lipinski definition) is 2. The fraction of sp³-hybridized carbons (Fsp3) is 0.182. The molecule has 0 aliphatic heterocycles. The molecule has 3 N–H and O–H groups in total. The molecule has 0 aliphatic carbocycles. The molecule has 2 heterocycles. The minimum atomic E-state index is -1.06. The SMILES string of the molecule is Cn1c(=O)c2nc(-c3ccc(C(=O)NCCN)cc3)nnc2n(Cc2ccc(F)c(F)c2)c1=O. The van der Waals surface area contributed by atoms with Gasteiger partial charge in [-0.05, 0) is 29.8 Å². The summed E-state index contributed by atoms with van der Waals surface area (Å²) < 4.78 is 28.9. The van der Waals surface area contributed by atoms with E-state index in [9.17, 15) is 23.2 Å². The van der Waals surface area contributed by atoms with Gasteiger partial charge in [0.2, 0.25) is 0 Å². The number of carbonyl (C=O) groups is 1. The van der Waals surface area contributed by atoms with Gasteiger partial charge < -0.3 is 11.1 Å². The largest absolute Gasteiger partial charge is 0.351 e. The molecule has 12 heteroatoms. The van der Waals surface area contributed by atoms with Crippen LogP contribution in [0.25, 0.3) is 22.6 Å². The minimum absolute atomic E-state index is 0.0978. The van der Waals surface area contributed by atoms with E-state index in [1.54, 1.807) is 24.3 Å². The number of nitrogens with one attached hydrogen (secondary N) is 1. The number of nitrogens with zero attached hydrogens (tertiary/aromatic N) is 5. The zero-order chi connectivity index (χ0) is 24.4. The van der Waals surface area contributed by atoms with Gasteiger partial charge in [0.25, 0.3) is 11.5 Å². The van der Waals surface area contributed by atoms with Crippen LogP contribution in [0.3, 0.4) is 0 Å². The van der Waals surface area contributed by atoms with Gasteiger partial charge in [-0.15, -0.1) is 10.2 Å². The number of rotatable bonds is 6. The lowest BCUT2D eigenvalue weighted by Gasteiger charge is -2.11. The summed E-state index contributed by atoms with van der Waals surface area (Å²) in [6, 6.07) is 9.56. The third-order valence-corrected chi connectivity index (χ3v) is 5.11. The van der Waals surface area contributed by atoms with Crippen molar-refractivity contribution in [3.05, 3.63) is 86.1 Å². The Labute approximate surface area is 190 Å². The molecule has 34 heavy (non-hydrogen) atoms. The van der Waals surface area contributed by atoms with Gasteiger partial charge in [0, 0.05) is 31.3 Å². The number of nitrogens with two attached hydrogens (primary N) is 1. The molecular formula is C22H19F2N7O3. The molecule has 0 saturated heterocycles. The highest BCUT2D eigenvalue weighted by Gasteiger charge is 2.17. The van der Waals surface area contributed by atoms with E-state index in [1.165, 1.54) is 13.1 Å². The van der Waals surface area contributed by atoms with Crippen LogP contribution in [0.5, 0.6) is 0 Å². The van der Waals surface area contributed by atoms with E-state index in [0.29, 0.717) is 24.2 Å². The smallest absolute Gasteiger partial charge is 0.332 e. The Morgan fingerprint density at radius 3 is 2.47 bits per heavy atom. The van der Waals surface area contributed by atoms with Crippen molar-refractivity contribution in [2.24, 2.45) is 12.8 Å². The minimum Gasteiger partial charge on any atom is -0.351 e. The van der Waals surface area contributed by atoms with Gasteiger partial charge in [0.15, 0.2) is 28.6 Å². The highest BCUT2D eigenvalue weighted by atomic mass is 19.2. The number of benzene rings is 2. The summed E-state index contributed by atoms with van der Waals surface area (Å²) in [5, 5.41) is 10.7. The van der Waals surface area contributed by atoms with Crippen LogP contribution in [0.2, 0.25) is 0 Å². The first-order valence-corrected chi connectivity index (χ1v) is 10.2. The number of aromatic nitrogens is 5. The number of hydrogen-bond acceptors (Lipinski definition) is 7. The molecule has 2 aromatic heterocycles. The monoisotopic (exact) mass is 467 g/mol. The molecule has 4 rings (SSSR count). The van der Waals surface area contributed by atoms with Gasteiger partial charge in [0.1, 0.15) is 0 Å². The zero-order valence-corrected chi connectivity index (χ0v) is 18.0. The van der Waals surface area contributed by atoms with Crippen molar-refractivity contribution < 1.29 is 13.6 Å². The van der Waals surface area contributed by atoms with Crippen molar-refractivity contribution >= 4 is 17.1 Å². The van der Waals surface area contributed by atoms with Crippen LogP contribution in [-0.4, -0.2) is 43.3 Å². The van der Waals surface area contributed by atoms with E-state index in [2.05, 4.69) is 20.5 Å². The van der Waals surface area contributed by atoms with Crippen LogP contribution in [0.1, 0.15) is 15.9 Å². The Morgan fingerprint density at radius 2 is 1.79 bits per heavy atom. The number of fused-ring (bicyclic) bond motifs is 1. The maximum atomic E-state index is 13.6. The second-order valence-corrected chi connectivity index (χ2v) is 7.41. The van der Waals surface area contributed by atoms with Crippen molar-refractivity contribution in [2.45, 2.75) is 6.54 Å². The van der Waals surface area contributed by atoms with Gasteiger partial charge in [-0.1, -0.05) is 18.2 Å². The second kappa shape index (κ2) is 9.27. The predicted octanol–water partition coefficient (Wildman–Crippen LogP) is 0.567. The van der Waals surface area contributed by atoms with Crippen molar-refractivity contribution in [3.8, 4) is 11.4 Å². The Bertz CT molecular complexity index is 1510. The van der Waals surface area contributed by atoms with Crippen molar-refractivity contribution in [1.82, 2.24) is 29.6 Å².